The molecule has 1 aromatic carbocycles. The van der Waals surface area contributed by atoms with Crippen LogP contribution in [0.4, 0.5) is 0 Å². The maximum absolute atomic E-state index is 8.69. The first-order chi connectivity index (χ1) is 9.72. The van der Waals surface area contributed by atoms with Crippen LogP contribution in [0.15, 0.2) is 52.5 Å². The summed E-state index contributed by atoms with van der Waals surface area (Å²) in [5.41, 5.74) is 2.22. The summed E-state index contributed by atoms with van der Waals surface area (Å²) in [4.78, 5) is 0. The molecule has 0 spiro atoms. The van der Waals surface area contributed by atoms with Crippen molar-refractivity contribution in [2.45, 2.75) is 6.92 Å². The number of furan rings is 1. The van der Waals surface area contributed by atoms with Gasteiger partial charge in [0.1, 0.15) is 29.2 Å². The number of rotatable bonds is 3. The van der Waals surface area contributed by atoms with Gasteiger partial charge in [0, 0.05) is 6.08 Å². The zero-order valence-electron chi connectivity index (χ0n) is 11.0. The quantitative estimate of drug-likeness (QED) is 0.774. The molecule has 3 heteroatoms. The molecule has 0 amide bonds. The summed E-state index contributed by atoms with van der Waals surface area (Å²) in [5, 5.41) is 17.4. The van der Waals surface area contributed by atoms with E-state index in [9.17, 15) is 0 Å². The van der Waals surface area contributed by atoms with Gasteiger partial charge in [0.15, 0.2) is 0 Å². The Morgan fingerprint density at radius 2 is 1.55 bits per heavy atom. The standard InChI is InChI=1S/C17H12N2O/c1-13(15-5-3-2-4-6-15)9-16-7-8-17(20-16)10-14(11-18)12-19/h2-10H,1H3. The van der Waals surface area contributed by atoms with Crippen LogP contribution in [0, 0.1) is 22.7 Å². The van der Waals surface area contributed by atoms with Crippen molar-refractivity contribution in [3.05, 3.63) is 65.1 Å². The Morgan fingerprint density at radius 3 is 2.15 bits per heavy atom. The molecule has 1 aromatic heterocycles. The summed E-state index contributed by atoms with van der Waals surface area (Å²) in [6, 6.07) is 17.1. The zero-order valence-corrected chi connectivity index (χ0v) is 11.0. The maximum atomic E-state index is 8.69. The van der Waals surface area contributed by atoms with E-state index >= 15 is 0 Å². The van der Waals surface area contributed by atoms with Crippen molar-refractivity contribution in [1.82, 2.24) is 0 Å². The SMILES string of the molecule is CC(=Cc1ccc(C=C(C#N)C#N)o1)c1ccccc1. The summed E-state index contributed by atoms with van der Waals surface area (Å²) in [7, 11) is 0. The first-order valence-corrected chi connectivity index (χ1v) is 6.08. The Labute approximate surface area is 117 Å². The molecule has 0 atom stereocenters. The fourth-order valence-electron chi connectivity index (χ4n) is 1.75. The third-order valence-corrected chi connectivity index (χ3v) is 2.76. The molecule has 0 N–H and O–H groups in total. The predicted octanol–water partition coefficient (Wildman–Crippen LogP) is 4.27. The number of nitriles is 2. The van der Waals surface area contributed by atoms with Gasteiger partial charge in [0.05, 0.1) is 0 Å². The lowest BCUT2D eigenvalue weighted by molar-refractivity contribution is 0.547. The van der Waals surface area contributed by atoms with E-state index in [1.165, 1.54) is 6.08 Å². The highest BCUT2D eigenvalue weighted by atomic mass is 16.3. The molecule has 0 bridgehead atoms. The highest BCUT2D eigenvalue weighted by molar-refractivity contribution is 5.79. The Bertz CT molecular complexity index is 721. The molecule has 0 aliphatic heterocycles. The molecule has 0 unspecified atom stereocenters. The number of benzene rings is 1. The fraction of sp³-hybridized carbons (Fsp3) is 0.0588. The zero-order chi connectivity index (χ0) is 14.4. The van der Waals surface area contributed by atoms with Crippen LogP contribution in [0.2, 0.25) is 0 Å². The van der Waals surface area contributed by atoms with E-state index in [-0.39, 0.29) is 5.57 Å². The topological polar surface area (TPSA) is 60.7 Å². The summed E-state index contributed by atoms with van der Waals surface area (Å²) in [5.74, 6) is 1.18. The number of hydrogen-bond acceptors (Lipinski definition) is 3. The van der Waals surface area contributed by atoms with E-state index in [1.807, 2.05) is 49.4 Å². The first kappa shape index (κ1) is 13.4. The average molecular weight is 260 g/mol. The summed E-state index contributed by atoms with van der Waals surface area (Å²) in [6.45, 7) is 2.00. The van der Waals surface area contributed by atoms with Crippen molar-refractivity contribution in [3.8, 4) is 12.1 Å². The van der Waals surface area contributed by atoms with E-state index in [4.69, 9.17) is 14.9 Å². The van der Waals surface area contributed by atoms with Crippen LogP contribution < -0.4 is 0 Å². The second-order valence-corrected chi connectivity index (χ2v) is 4.22. The second kappa shape index (κ2) is 6.22. The predicted molar refractivity (Wildman–Crippen MR) is 77.9 cm³/mol. The summed E-state index contributed by atoms with van der Waals surface area (Å²) >= 11 is 0. The van der Waals surface area contributed by atoms with E-state index < -0.39 is 0 Å². The van der Waals surface area contributed by atoms with Crippen LogP contribution in [-0.2, 0) is 0 Å². The smallest absolute Gasteiger partial charge is 0.133 e. The third-order valence-electron chi connectivity index (χ3n) is 2.76. The van der Waals surface area contributed by atoms with Crippen LogP contribution in [0.3, 0.4) is 0 Å². The van der Waals surface area contributed by atoms with Gasteiger partial charge < -0.3 is 4.42 Å². The Kier molecular flexibility index (Phi) is 4.17. The van der Waals surface area contributed by atoms with Crippen LogP contribution in [0.1, 0.15) is 24.0 Å². The van der Waals surface area contributed by atoms with Gasteiger partial charge in [-0.2, -0.15) is 10.5 Å². The number of allylic oxidation sites excluding steroid dienone is 2. The highest BCUT2D eigenvalue weighted by Gasteiger charge is 2.01. The van der Waals surface area contributed by atoms with Crippen molar-refractivity contribution in [1.29, 1.82) is 10.5 Å². The van der Waals surface area contributed by atoms with Crippen LogP contribution in [0.25, 0.3) is 17.7 Å². The van der Waals surface area contributed by atoms with Crippen LogP contribution >= 0.6 is 0 Å². The van der Waals surface area contributed by atoms with Gasteiger partial charge in [-0.25, -0.2) is 0 Å². The minimum atomic E-state index is 0.0228. The molecule has 96 valence electrons. The second-order valence-electron chi connectivity index (χ2n) is 4.22. The van der Waals surface area contributed by atoms with Gasteiger partial charge >= 0.3 is 0 Å². The molecule has 2 aromatic rings. The van der Waals surface area contributed by atoms with Crippen LogP contribution in [-0.4, -0.2) is 0 Å². The van der Waals surface area contributed by atoms with Gasteiger partial charge in [-0.1, -0.05) is 30.3 Å². The Morgan fingerprint density at radius 1 is 0.950 bits per heavy atom. The minimum absolute atomic E-state index is 0.0228. The van der Waals surface area contributed by atoms with E-state index in [0.29, 0.717) is 11.5 Å². The minimum Gasteiger partial charge on any atom is -0.457 e. The maximum Gasteiger partial charge on any atom is 0.133 e. The lowest BCUT2D eigenvalue weighted by Crippen LogP contribution is -1.77. The Hall–Kier alpha value is -3.04. The molecule has 2 rings (SSSR count). The monoisotopic (exact) mass is 260 g/mol. The molecule has 0 fully saturated rings. The molecule has 0 saturated heterocycles. The first-order valence-electron chi connectivity index (χ1n) is 6.08. The highest BCUT2D eigenvalue weighted by Crippen LogP contribution is 2.19. The van der Waals surface area contributed by atoms with Crippen molar-refractivity contribution >= 4 is 17.7 Å². The molecule has 0 radical (unpaired) electrons. The molecule has 3 nitrogen and oxygen atoms in total. The molecule has 0 saturated carbocycles. The third kappa shape index (κ3) is 3.25. The molecule has 0 aliphatic rings. The Balaban J connectivity index is 2.25. The fourth-order valence-corrected chi connectivity index (χ4v) is 1.75. The lowest BCUT2D eigenvalue weighted by Gasteiger charge is -1.99. The van der Waals surface area contributed by atoms with Crippen molar-refractivity contribution in [3.63, 3.8) is 0 Å². The van der Waals surface area contributed by atoms with Gasteiger partial charge in [0.2, 0.25) is 0 Å². The summed E-state index contributed by atoms with van der Waals surface area (Å²) in [6.07, 6.45) is 3.35. The molecule has 0 aliphatic carbocycles. The van der Waals surface area contributed by atoms with E-state index in [1.54, 1.807) is 18.2 Å². The molecule has 1 heterocycles. The largest absolute Gasteiger partial charge is 0.457 e. The van der Waals surface area contributed by atoms with Gasteiger partial charge in [-0.15, -0.1) is 0 Å². The normalized spacial score (nSPS) is 10.4. The average Bonchev–Trinajstić information content (AvgIpc) is 2.92. The molecule has 20 heavy (non-hydrogen) atoms. The van der Waals surface area contributed by atoms with Crippen molar-refractivity contribution in [2.75, 3.05) is 0 Å². The van der Waals surface area contributed by atoms with Gasteiger partial charge in [-0.3, -0.25) is 0 Å². The van der Waals surface area contributed by atoms with E-state index in [2.05, 4.69) is 0 Å². The van der Waals surface area contributed by atoms with Gasteiger partial charge in [0.25, 0.3) is 0 Å². The van der Waals surface area contributed by atoms with E-state index in [0.717, 1.165) is 11.1 Å². The number of hydrogen-bond donors (Lipinski definition) is 0. The van der Waals surface area contributed by atoms with Crippen molar-refractivity contribution in [2.24, 2.45) is 0 Å². The number of nitrogens with zero attached hydrogens (tertiary/aromatic N) is 2. The molecular weight excluding hydrogens is 248 g/mol. The molecular formula is C17H12N2O. The summed E-state index contributed by atoms with van der Waals surface area (Å²) < 4.78 is 5.55. The van der Waals surface area contributed by atoms with Crippen molar-refractivity contribution < 1.29 is 4.42 Å². The van der Waals surface area contributed by atoms with Gasteiger partial charge in [-0.05, 0) is 36.3 Å². The lowest BCUT2D eigenvalue weighted by atomic mass is 10.1. The van der Waals surface area contributed by atoms with Crippen LogP contribution in [0.5, 0.6) is 0 Å².